The van der Waals surface area contributed by atoms with Gasteiger partial charge in [0.15, 0.2) is 6.61 Å². The summed E-state index contributed by atoms with van der Waals surface area (Å²) in [6, 6.07) is 15.7. The second-order valence-corrected chi connectivity index (χ2v) is 7.58. The van der Waals surface area contributed by atoms with E-state index in [4.69, 9.17) is 9.15 Å². The van der Waals surface area contributed by atoms with Crippen LogP contribution in [-0.4, -0.2) is 50.1 Å². The Hall–Kier alpha value is -3.39. The molecule has 1 aromatic heterocycles. The second-order valence-electron chi connectivity index (χ2n) is 7.58. The number of nitrogens with zero attached hydrogens (tertiary/aromatic N) is 2. The number of anilines is 1. The number of furan rings is 1. The highest BCUT2D eigenvalue weighted by atomic mass is 19.1. The first-order valence-corrected chi connectivity index (χ1v) is 10.5. The van der Waals surface area contributed by atoms with E-state index in [0.717, 1.165) is 37.6 Å². The van der Waals surface area contributed by atoms with Gasteiger partial charge in [-0.1, -0.05) is 0 Å². The molecule has 1 fully saturated rings. The molecule has 0 aliphatic carbocycles. The fourth-order valence-electron chi connectivity index (χ4n) is 3.78. The monoisotopic (exact) mass is 441 g/mol. The highest BCUT2D eigenvalue weighted by Gasteiger charge is 2.27. The van der Waals surface area contributed by atoms with Crippen molar-refractivity contribution >= 4 is 11.6 Å². The van der Waals surface area contributed by atoms with Crippen molar-refractivity contribution in [1.82, 2.24) is 10.2 Å². The van der Waals surface area contributed by atoms with E-state index in [9.17, 15) is 13.6 Å². The zero-order valence-corrected chi connectivity index (χ0v) is 17.5. The lowest BCUT2D eigenvalue weighted by Crippen LogP contribution is -2.50. The third-order valence-corrected chi connectivity index (χ3v) is 5.49. The largest absolute Gasteiger partial charge is 0.484 e. The molecule has 0 spiro atoms. The van der Waals surface area contributed by atoms with Gasteiger partial charge in [-0.3, -0.25) is 9.69 Å². The van der Waals surface area contributed by atoms with Crippen LogP contribution in [0.3, 0.4) is 0 Å². The molecule has 0 bridgehead atoms. The van der Waals surface area contributed by atoms with Gasteiger partial charge in [-0.05, 0) is 60.7 Å². The van der Waals surface area contributed by atoms with Crippen molar-refractivity contribution in [3.8, 4) is 5.75 Å². The lowest BCUT2D eigenvalue weighted by atomic mass is 10.1. The Labute approximate surface area is 185 Å². The fourth-order valence-corrected chi connectivity index (χ4v) is 3.78. The number of carbonyl (C=O) groups is 1. The zero-order valence-electron chi connectivity index (χ0n) is 17.5. The summed E-state index contributed by atoms with van der Waals surface area (Å²) in [5.74, 6) is 0.337. The lowest BCUT2D eigenvalue weighted by Gasteiger charge is -2.39. The summed E-state index contributed by atoms with van der Waals surface area (Å²) in [6.45, 7) is 3.31. The van der Waals surface area contributed by atoms with Crippen LogP contribution < -0.4 is 15.0 Å². The number of hydrogen-bond acceptors (Lipinski definition) is 5. The van der Waals surface area contributed by atoms with Gasteiger partial charge in [0.05, 0.1) is 12.3 Å². The van der Waals surface area contributed by atoms with Crippen LogP contribution >= 0.6 is 0 Å². The molecule has 1 saturated heterocycles. The van der Waals surface area contributed by atoms with Gasteiger partial charge in [-0.2, -0.15) is 0 Å². The molecule has 3 aromatic rings. The maximum absolute atomic E-state index is 13.2. The van der Waals surface area contributed by atoms with Gasteiger partial charge in [-0.25, -0.2) is 8.78 Å². The van der Waals surface area contributed by atoms with E-state index in [1.807, 2.05) is 12.1 Å². The van der Waals surface area contributed by atoms with Crippen molar-refractivity contribution in [3.05, 3.63) is 84.3 Å². The van der Waals surface area contributed by atoms with E-state index >= 15 is 0 Å². The minimum atomic E-state index is -0.359. The zero-order chi connectivity index (χ0) is 22.3. The molecule has 1 aliphatic heterocycles. The number of rotatable bonds is 8. The Balaban J connectivity index is 1.31. The average molecular weight is 441 g/mol. The number of amides is 1. The van der Waals surface area contributed by atoms with Crippen molar-refractivity contribution < 1.29 is 22.7 Å². The lowest BCUT2D eigenvalue weighted by molar-refractivity contribution is -0.123. The highest BCUT2D eigenvalue weighted by molar-refractivity contribution is 5.77. The van der Waals surface area contributed by atoms with Crippen LogP contribution in [0, 0.1) is 11.6 Å². The summed E-state index contributed by atoms with van der Waals surface area (Å²) in [5.41, 5.74) is 0.992. The molecule has 2 aromatic carbocycles. The van der Waals surface area contributed by atoms with E-state index in [1.54, 1.807) is 18.4 Å². The number of hydrogen-bond donors (Lipinski definition) is 1. The van der Waals surface area contributed by atoms with E-state index in [0.29, 0.717) is 12.3 Å². The molecule has 1 unspecified atom stereocenters. The topological polar surface area (TPSA) is 58.0 Å². The Morgan fingerprint density at radius 3 is 2.25 bits per heavy atom. The van der Waals surface area contributed by atoms with Gasteiger partial charge in [0.2, 0.25) is 0 Å². The highest BCUT2D eigenvalue weighted by Crippen LogP contribution is 2.24. The van der Waals surface area contributed by atoms with E-state index in [-0.39, 0.29) is 30.2 Å². The Kier molecular flexibility index (Phi) is 7.01. The van der Waals surface area contributed by atoms with Crippen molar-refractivity contribution in [3.63, 3.8) is 0 Å². The van der Waals surface area contributed by atoms with Gasteiger partial charge in [0.1, 0.15) is 23.1 Å². The molecule has 4 rings (SSSR count). The summed E-state index contributed by atoms with van der Waals surface area (Å²) in [7, 11) is 0. The minimum absolute atomic E-state index is 0.116. The summed E-state index contributed by atoms with van der Waals surface area (Å²) in [4.78, 5) is 16.8. The molecule has 0 saturated carbocycles. The molecule has 168 valence electrons. The third kappa shape index (κ3) is 5.64. The number of nitrogens with one attached hydrogen (secondary N) is 1. The quantitative estimate of drug-likeness (QED) is 0.579. The van der Waals surface area contributed by atoms with Crippen LogP contribution in [0.1, 0.15) is 11.8 Å². The molecule has 1 atom stereocenters. The molecule has 1 aliphatic rings. The van der Waals surface area contributed by atoms with Gasteiger partial charge in [-0.15, -0.1) is 0 Å². The predicted octanol–water partition coefficient (Wildman–Crippen LogP) is 3.62. The van der Waals surface area contributed by atoms with Crippen LogP contribution in [0.5, 0.6) is 5.75 Å². The molecular weight excluding hydrogens is 416 g/mol. The van der Waals surface area contributed by atoms with Crippen LogP contribution in [0.2, 0.25) is 0 Å². The summed E-state index contributed by atoms with van der Waals surface area (Å²) in [6.07, 6.45) is 1.62. The van der Waals surface area contributed by atoms with Crippen molar-refractivity contribution in [2.75, 3.05) is 44.2 Å². The maximum atomic E-state index is 13.2. The molecule has 1 N–H and O–H groups in total. The van der Waals surface area contributed by atoms with Gasteiger partial charge < -0.3 is 19.4 Å². The van der Waals surface area contributed by atoms with E-state index < -0.39 is 0 Å². The minimum Gasteiger partial charge on any atom is -0.484 e. The van der Waals surface area contributed by atoms with Crippen LogP contribution in [-0.2, 0) is 4.79 Å². The predicted molar refractivity (Wildman–Crippen MR) is 117 cm³/mol. The molecule has 6 nitrogen and oxygen atoms in total. The third-order valence-electron chi connectivity index (χ3n) is 5.49. The van der Waals surface area contributed by atoms with E-state index in [1.165, 1.54) is 36.4 Å². The number of carbonyl (C=O) groups excluding carboxylic acids is 1. The fraction of sp³-hybridized carbons (Fsp3) is 0.292. The number of halogens is 2. The second kappa shape index (κ2) is 10.3. The van der Waals surface area contributed by atoms with Crippen molar-refractivity contribution in [1.29, 1.82) is 0 Å². The van der Waals surface area contributed by atoms with Gasteiger partial charge in [0, 0.05) is 38.4 Å². The summed E-state index contributed by atoms with van der Waals surface area (Å²) in [5, 5.41) is 2.90. The Morgan fingerprint density at radius 1 is 0.969 bits per heavy atom. The van der Waals surface area contributed by atoms with Crippen LogP contribution in [0.15, 0.2) is 71.3 Å². The Morgan fingerprint density at radius 2 is 1.62 bits per heavy atom. The first-order valence-electron chi connectivity index (χ1n) is 10.5. The first kappa shape index (κ1) is 21.8. The smallest absolute Gasteiger partial charge is 0.258 e. The van der Waals surface area contributed by atoms with Gasteiger partial charge in [0.25, 0.3) is 5.91 Å². The molecule has 2 heterocycles. The van der Waals surface area contributed by atoms with Gasteiger partial charge >= 0.3 is 0 Å². The number of ether oxygens (including phenoxy) is 1. The molecule has 0 radical (unpaired) electrons. The van der Waals surface area contributed by atoms with E-state index in [2.05, 4.69) is 15.1 Å². The summed E-state index contributed by atoms with van der Waals surface area (Å²) < 4.78 is 37.2. The van der Waals surface area contributed by atoms with Crippen molar-refractivity contribution in [2.24, 2.45) is 0 Å². The molecule has 32 heavy (non-hydrogen) atoms. The molecular formula is C24H25F2N3O3. The average Bonchev–Trinajstić information content (AvgIpc) is 3.34. The summed E-state index contributed by atoms with van der Waals surface area (Å²) >= 11 is 0. The van der Waals surface area contributed by atoms with Crippen molar-refractivity contribution in [2.45, 2.75) is 6.04 Å². The standard InChI is InChI=1S/C24H25F2N3O3/c25-18-3-7-20(8-4-18)28-11-13-29(14-12-28)22(23-2-1-15-31-23)16-27-24(30)17-32-21-9-5-19(26)6-10-21/h1-10,15,22H,11-14,16-17H2,(H,27,30). The van der Waals surface area contributed by atoms with Crippen LogP contribution in [0.4, 0.5) is 14.5 Å². The van der Waals surface area contributed by atoms with Crippen LogP contribution in [0.25, 0.3) is 0 Å². The number of benzene rings is 2. The SMILES string of the molecule is O=C(COc1ccc(F)cc1)NCC(c1ccco1)N1CCN(c2ccc(F)cc2)CC1. The first-order chi connectivity index (χ1) is 15.6. The molecule has 1 amide bonds. The number of piperazine rings is 1. The maximum Gasteiger partial charge on any atom is 0.258 e. The molecule has 8 heteroatoms. The normalized spacial score (nSPS) is 15.4. The Bertz CT molecular complexity index is 986.